The van der Waals surface area contributed by atoms with Gasteiger partial charge in [0.15, 0.2) is 0 Å². The summed E-state index contributed by atoms with van der Waals surface area (Å²) < 4.78 is 1.06. The second-order valence-electron chi connectivity index (χ2n) is 4.28. The van der Waals surface area contributed by atoms with Gasteiger partial charge in [0.25, 0.3) is 0 Å². The van der Waals surface area contributed by atoms with E-state index in [1.54, 1.807) is 0 Å². The lowest BCUT2D eigenvalue weighted by Gasteiger charge is -2.17. The van der Waals surface area contributed by atoms with Crippen molar-refractivity contribution in [2.24, 2.45) is 11.7 Å². The Bertz CT molecular complexity index is 357. The maximum absolute atomic E-state index is 6.00. The van der Waals surface area contributed by atoms with Gasteiger partial charge in [0.1, 0.15) is 5.82 Å². The van der Waals surface area contributed by atoms with Gasteiger partial charge in [-0.25, -0.2) is 4.98 Å². The SMILES string of the molecule is Cc1nc(N2CC(C)C(N)C2)ccc1Br. The van der Waals surface area contributed by atoms with Crippen LogP contribution in [0.25, 0.3) is 0 Å². The molecule has 2 N–H and O–H groups in total. The Hall–Kier alpha value is -0.610. The molecule has 1 fully saturated rings. The number of pyridine rings is 1. The molecule has 3 nitrogen and oxygen atoms in total. The minimum atomic E-state index is 0.274. The molecule has 1 saturated heterocycles. The summed E-state index contributed by atoms with van der Waals surface area (Å²) in [6.07, 6.45) is 0. The van der Waals surface area contributed by atoms with Crippen molar-refractivity contribution in [1.29, 1.82) is 0 Å². The highest BCUT2D eigenvalue weighted by molar-refractivity contribution is 9.10. The monoisotopic (exact) mass is 269 g/mol. The Balaban J connectivity index is 2.20. The lowest BCUT2D eigenvalue weighted by Crippen LogP contribution is -2.28. The van der Waals surface area contributed by atoms with E-state index >= 15 is 0 Å². The van der Waals surface area contributed by atoms with Gasteiger partial charge in [-0.3, -0.25) is 0 Å². The number of nitrogens with two attached hydrogens (primary N) is 1. The molecule has 2 rings (SSSR count). The molecular formula is C11H16BrN3. The Labute approximate surface area is 98.8 Å². The van der Waals surface area contributed by atoms with Crippen LogP contribution in [-0.2, 0) is 0 Å². The summed E-state index contributed by atoms with van der Waals surface area (Å²) >= 11 is 3.46. The smallest absolute Gasteiger partial charge is 0.128 e. The number of aryl methyl sites for hydroxylation is 1. The van der Waals surface area contributed by atoms with Gasteiger partial charge in [-0.15, -0.1) is 0 Å². The Morgan fingerprint density at radius 3 is 2.73 bits per heavy atom. The van der Waals surface area contributed by atoms with E-state index in [0.29, 0.717) is 5.92 Å². The average Bonchev–Trinajstić information content (AvgIpc) is 2.52. The summed E-state index contributed by atoms with van der Waals surface area (Å²) in [5.74, 6) is 1.59. The minimum Gasteiger partial charge on any atom is -0.355 e. The van der Waals surface area contributed by atoms with E-state index in [9.17, 15) is 0 Å². The van der Waals surface area contributed by atoms with Crippen molar-refractivity contribution >= 4 is 21.7 Å². The number of anilines is 1. The Kier molecular flexibility index (Phi) is 2.98. The van der Waals surface area contributed by atoms with Crippen molar-refractivity contribution in [2.75, 3.05) is 18.0 Å². The highest BCUT2D eigenvalue weighted by Crippen LogP contribution is 2.24. The molecule has 0 aliphatic carbocycles. The largest absolute Gasteiger partial charge is 0.355 e. The third-order valence-electron chi connectivity index (χ3n) is 3.00. The molecule has 2 unspecified atom stereocenters. The predicted octanol–water partition coefficient (Wildman–Crippen LogP) is 1.94. The van der Waals surface area contributed by atoms with Crippen LogP contribution in [0.4, 0.5) is 5.82 Å². The van der Waals surface area contributed by atoms with Gasteiger partial charge < -0.3 is 10.6 Å². The van der Waals surface area contributed by atoms with E-state index < -0.39 is 0 Å². The first-order valence-corrected chi connectivity index (χ1v) is 6.01. The van der Waals surface area contributed by atoms with Crippen molar-refractivity contribution in [3.63, 3.8) is 0 Å². The first kappa shape index (κ1) is 10.9. The van der Waals surface area contributed by atoms with Crippen molar-refractivity contribution in [3.05, 3.63) is 22.3 Å². The fourth-order valence-corrected chi connectivity index (χ4v) is 2.11. The van der Waals surface area contributed by atoms with E-state index in [0.717, 1.165) is 29.1 Å². The molecule has 1 aromatic heterocycles. The molecule has 1 aliphatic heterocycles. The maximum atomic E-state index is 6.00. The van der Waals surface area contributed by atoms with Crippen LogP contribution in [-0.4, -0.2) is 24.1 Å². The first-order valence-electron chi connectivity index (χ1n) is 5.21. The second-order valence-corrected chi connectivity index (χ2v) is 5.14. The zero-order valence-electron chi connectivity index (χ0n) is 9.07. The molecule has 2 atom stereocenters. The average molecular weight is 270 g/mol. The van der Waals surface area contributed by atoms with Gasteiger partial charge in [0.05, 0.1) is 5.69 Å². The summed E-state index contributed by atoms with van der Waals surface area (Å²) in [6, 6.07) is 4.37. The number of rotatable bonds is 1. The number of nitrogens with zero attached hydrogens (tertiary/aromatic N) is 2. The van der Waals surface area contributed by atoms with Crippen LogP contribution in [0, 0.1) is 12.8 Å². The van der Waals surface area contributed by atoms with Gasteiger partial charge in [-0.1, -0.05) is 6.92 Å². The quantitative estimate of drug-likeness (QED) is 0.848. The Morgan fingerprint density at radius 1 is 1.47 bits per heavy atom. The van der Waals surface area contributed by atoms with Crippen LogP contribution in [0.1, 0.15) is 12.6 Å². The number of hydrogen-bond acceptors (Lipinski definition) is 3. The Morgan fingerprint density at radius 2 is 2.20 bits per heavy atom. The molecule has 4 heteroatoms. The van der Waals surface area contributed by atoms with Crippen molar-refractivity contribution in [3.8, 4) is 0 Å². The van der Waals surface area contributed by atoms with E-state index in [1.807, 2.05) is 19.1 Å². The summed E-state index contributed by atoms with van der Waals surface area (Å²) in [4.78, 5) is 6.81. The first-order chi connectivity index (χ1) is 7.08. The molecule has 2 heterocycles. The number of halogens is 1. The molecule has 1 aliphatic rings. The van der Waals surface area contributed by atoms with Crippen LogP contribution >= 0.6 is 15.9 Å². The van der Waals surface area contributed by atoms with E-state index in [4.69, 9.17) is 5.73 Å². The molecule has 82 valence electrons. The van der Waals surface area contributed by atoms with E-state index in [-0.39, 0.29) is 6.04 Å². The van der Waals surface area contributed by atoms with E-state index in [2.05, 4.69) is 32.7 Å². The summed E-state index contributed by atoms with van der Waals surface area (Å²) in [6.45, 7) is 6.12. The highest BCUT2D eigenvalue weighted by Gasteiger charge is 2.27. The summed E-state index contributed by atoms with van der Waals surface area (Å²) in [5, 5.41) is 0. The van der Waals surface area contributed by atoms with Gasteiger partial charge in [0, 0.05) is 23.6 Å². The maximum Gasteiger partial charge on any atom is 0.128 e. The van der Waals surface area contributed by atoms with Gasteiger partial charge in [0.2, 0.25) is 0 Å². The van der Waals surface area contributed by atoms with Crippen LogP contribution in [0.5, 0.6) is 0 Å². The second kappa shape index (κ2) is 4.10. The third-order valence-corrected chi connectivity index (χ3v) is 3.84. The molecule has 0 spiro atoms. The van der Waals surface area contributed by atoms with E-state index in [1.165, 1.54) is 0 Å². The normalized spacial score (nSPS) is 26.0. The molecular weight excluding hydrogens is 254 g/mol. The van der Waals surface area contributed by atoms with Crippen LogP contribution in [0.2, 0.25) is 0 Å². The lowest BCUT2D eigenvalue weighted by molar-refractivity contribution is 0.566. The third kappa shape index (κ3) is 2.16. The fourth-order valence-electron chi connectivity index (χ4n) is 1.89. The van der Waals surface area contributed by atoms with Crippen LogP contribution in [0.15, 0.2) is 16.6 Å². The summed E-state index contributed by atoms with van der Waals surface area (Å²) in [5.41, 5.74) is 7.02. The van der Waals surface area contributed by atoms with Crippen molar-refractivity contribution in [1.82, 2.24) is 4.98 Å². The predicted molar refractivity (Wildman–Crippen MR) is 66.0 cm³/mol. The van der Waals surface area contributed by atoms with Gasteiger partial charge in [-0.05, 0) is 40.9 Å². The highest BCUT2D eigenvalue weighted by atomic mass is 79.9. The standard InChI is InChI=1S/C11H16BrN3/c1-7-5-15(6-10(7)13)11-4-3-9(12)8(2)14-11/h3-4,7,10H,5-6,13H2,1-2H3. The van der Waals surface area contributed by atoms with Gasteiger partial charge in [-0.2, -0.15) is 0 Å². The fraction of sp³-hybridized carbons (Fsp3) is 0.545. The molecule has 0 bridgehead atoms. The minimum absolute atomic E-state index is 0.274. The zero-order valence-corrected chi connectivity index (χ0v) is 10.7. The van der Waals surface area contributed by atoms with Crippen molar-refractivity contribution < 1.29 is 0 Å². The van der Waals surface area contributed by atoms with Crippen molar-refractivity contribution in [2.45, 2.75) is 19.9 Å². The molecule has 1 aromatic rings. The van der Waals surface area contributed by atoms with Gasteiger partial charge >= 0.3 is 0 Å². The molecule has 0 aromatic carbocycles. The summed E-state index contributed by atoms with van der Waals surface area (Å²) in [7, 11) is 0. The van der Waals surface area contributed by atoms with Crippen LogP contribution < -0.4 is 10.6 Å². The molecule has 15 heavy (non-hydrogen) atoms. The topological polar surface area (TPSA) is 42.2 Å². The molecule has 0 radical (unpaired) electrons. The zero-order chi connectivity index (χ0) is 11.0. The number of hydrogen-bond donors (Lipinski definition) is 1. The lowest BCUT2D eigenvalue weighted by atomic mass is 10.1. The number of aromatic nitrogens is 1. The van der Waals surface area contributed by atoms with Crippen LogP contribution in [0.3, 0.4) is 0 Å². The molecule has 0 amide bonds. The molecule has 0 saturated carbocycles.